The van der Waals surface area contributed by atoms with Crippen LogP contribution in [-0.2, 0) is 14.3 Å². The van der Waals surface area contributed by atoms with E-state index in [1.54, 1.807) is 6.92 Å². The Balaban J connectivity index is 1.95. The molecule has 2 aliphatic rings. The number of hydrogen-bond acceptors (Lipinski definition) is 4. The molecule has 0 saturated carbocycles. The van der Waals surface area contributed by atoms with Gasteiger partial charge in [0.1, 0.15) is 5.71 Å². The number of ether oxygens (including phenoxy) is 1. The highest BCUT2D eigenvalue weighted by molar-refractivity contribution is 6.45. The summed E-state index contributed by atoms with van der Waals surface area (Å²) in [6, 6.07) is 9.66. The highest BCUT2D eigenvalue weighted by Crippen LogP contribution is 2.33. The first kappa shape index (κ1) is 13.0. The molecule has 1 amide bonds. The van der Waals surface area contributed by atoms with Gasteiger partial charge in [-0.05, 0) is 12.5 Å². The monoisotopic (exact) mass is 272 g/mol. The topological polar surface area (TPSA) is 62.3 Å². The quantitative estimate of drug-likeness (QED) is 0.780. The summed E-state index contributed by atoms with van der Waals surface area (Å²) >= 11 is 0. The minimum atomic E-state index is -0.751. The molecule has 0 aliphatic carbocycles. The summed E-state index contributed by atoms with van der Waals surface area (Å²) in [6.07, 6.45) is 0. The summed E-state index contributed by atoms with van der Waals surface area (Å²) in [5.74, 6) is -0.445. The largest absolute Gasteiger partial charge is 0.361 e. The molecule has 0 spiro atoms. The van der Waals surface area contributed by atoms with Gasteiger partial charge in [0.25, 0.3) is 0 Å². The third-order valence-corrected chi connectivity index (χ3v) is 3.77. The first-order valence-corrected chi connectivity index (χ1v) is 6.61. The molecule has 1 saturated heterocycles. The van der Waals surface area contributed by atoms with Crippen molar-refractivity contribution in [2.45, 2.75) is 25.4 Å². The Morgan fingerprint density at radius 2 is 2.00 bits per heavy atom. The molecule has 0 aromatic heterocycles. The van der Waals surface area contributed by atoms with Crippen molar-refractivity contribution < 1.29 is 14.3 Å². The third kappa shape index (κ3) is 2.14. The zero-order chi connectivity index (χ0) is 14.3. The zero-order valence-electron chi connectivity index (χ0n) is 11.5. The van der Waals surface area contributed by atoms with Gasteiger partial charge in [-0.15, -0.1) is 0 Å². The number of benzene rings is 1. The van der Waals surface area contributed by atoms with Crippen molar-refractivity contribution >= 4 is 17.4 Å². The van der Waals surface area contributed by atoms with E-state index in [0.29, 0.717) is 18.9 Å². The average Bonchev–Trinajstić information content (AvgIpc) is 3.05. The number of amides is 1. The molecule has 2 atom stereocenters. The van der Waals surface area contributed by atoms with Crippen LogP contribution < -0.4 is 0 Å². The molecule has 5 nitrogen and oxygen atoms in total. The van der Waals surface area contributed by atoms with Gasteiger partial charge in [0.2, 0.25) is 11.7 Å². The van der Waals surface area contributed by atoms with Crippen molar-refractivity contribution in [2.24, 2.45) is 5.10 Å². The van der Waals surface area contributed by atoms with Gasteiger partial charge in [-0.3, -0.25) is 9.59 Å². The molecule has 1 aromatic carbocycles. The standard InChI is InChI=1S/C15H16N2O3/c1-10(18)17-8-12(11-6-4-3-5-7-11)13(16-17)14(19)15(2)9-20-15/h3-7,12H,8-9H2,1-2H3/t12-,15-/m1/s1. The van der Waals surface area contributed by atoms with Crippen molar-refractivity contribution in [3.63, 3.8) is 0 Å². The van der Waals surface area contributed by atoms with E-state index in [0.717, 1.165) is 5.56 Å². The smallest absolute Gasteiger partial charge is 0.239 e. The number of hydrogen-bond donors (Lipinski definition) is 0. The van der Waals surface area contributed by atoms with E-state index in [1.807, 2.05) is 30.3 Å². The predicted molar refractivity (Wildman–Crippen MR) is 73.4 cm³/mol. The van der Waals surface area contributed by atoms with Crippen LogP contribution in [0, 0.1) is 0 Å². The lowest BCUT2D eigenvalue weighted by Gasteiger charge is -2.14. The second kappa shape index (κ2) is 4.52. The lowest BCUT2D eigenvalue weighted by atomic mass is 9.88. The molecule has 5 heteroatoms. The van der Waals surface area contributed by atoms with Crippen LogP contribution in [0.5, 0.6) is 0 Å². The molecule has 1 fully saturated rings. The molecule has 20 heavy (non-hydrogen) atoms. The number of carbonyl (C=O) groups is 2. The maximum absolute atomic E-state index is 12.5. The molecule has 2 heterocycles. The van der Waals surface area contributed by atoms with Crippen LogP contribution in [0.3, 0.4) is 0 Å². The predicted octanol–water partition coefficient (Wildman–Crippen LogP) is 1.35. The first-order chi connectivity index (χ1) is 9.51. The molecule has 104 valence electrons. The molecule has 0 bridgehead atoms. The maximum atomic E-state index is 12.5. The number of ketones is 1. The van der Waals surface area contributed by atoms with Crippen LogP contribution in [0.2, 0.25) is 0 Å². The van der Waals surface area contributed by atoms with Gasteiger partial charge >= 0.3 is 0 Å². The summed E-state index contributed by atoms with van der Waals surface area (Å²) in [5.41, 5.74) is 0.664. The Hall–Kier alpha value is -2.01. The van der Waals surface area contributed by atoms with E-state index >= 15 is 0 Å². The van der Waals surface area contributed by atoms with Crippen molar-refractivity contribution in [3.05, 3.63) is 35.9 Å². The third-order valence-electron chi connectivity index (χ3n) is 3.77. The number of rotatable bonds is 3. The fourth-order valence-electron chi connectivity index (χ4n) is 2.36. The van der Waals surface area contributed by atoms with Gasteiger partial charge in [0.15, 0.2) is 5.60 Å². The normalized spacial score (nSPS) is 28.2. The van der Waals surface area contributed by atoms with Crippen LogP contribution >= 0.6 is 0 Å². The second-order valence-electron chi connectivity index (χ2n) is 5.40. The molecular weight excluding hydrogens is 256 g/mol. The fraction of sp³-hybridized carbons (Fsp3) is 0.400. The van der Waals surface area contributed by atoms with Gasteiger partial charge in [-0.1, -0.05) is 30.3 Å². The average molecular weight is 272 g/mol. The van der Waals surface area contributed by atoms with Crippen LogP contribution in [0.25, 0.3) is 0 Å². The lowest BCUT2D eigenvalue weighted by Crippen LogP contribution is -2.32. The highest BCUT2D eigenvalue weighted by atomic mass is 16.6. The van der Waals surface area contributed by atoms with Crippen LogP contribution in [0.1, 0.15) is 25.3 Å². The first-order valence-electron chi connectivity index (χ1n) is 6.61. The molecule has 2 aliphatic heterocycles. The van der Waals surface area contributed by atoms with Crippen LogP contribution in [0.4, 0.5) is 0 Å². The summed E-state index contributed by atoms with van der Waals surface area (Å²) in [7, 11) is 0. The van der Waals surface area contributed by atoms with Crippen molar-refractivity contribution in [2.75, 3.05) is 13.2 Å². The Bertz CT molecular complexity index is 590. The molecule has 3 rings (SSSR count). The number of Topliss-reactive ketones (excluding diaryl/α,β-unsaturated/α-hetero) is 1. The summed E-state index contributed by atoms with van der Waals surface area (Å²) in [4.78, 5) is 24.0. The number of nitrogens with zero attached hydrogens (tertiary/aromatic N) is 2. The Kier molecular flexibility index (Phi) is 2.94. The van der Waals surface area contributed by atoms with Crippen molar-refractivity contribution in [1.82, 2.24) is 5.01 Å². The number of hydrazone groups is 1. The van der Waals surface area contributed by atoms with Gasteiger partial charge in [0, 0.05) is 6.92 Å². The van der Waals surface area contributed by atoms with Crippen molar-refractivity contribution in [3.8, 4) is 0 Å². The Labute approximate surface area is 117 Å². The van der Waals surface area contributed by atoms with Crippen LogP contribution in [0.15, 0.2) is 35.4 Å². The van der Waals surface area contributed by atoms with E-state index in [-0.39, 0.29) is 17.6 Å². The van der Waals surface area contributed by atoms with E-state index in [1.165, 1.54) is 11.9 Å². The maximum Gasteiger partial charge on any atom is 0.239 e. The van der Waals surface area contributed by atoms with Gasteiger partial charge in [-0.25, -0.2) is 5.01 Å². The Morgan fingerprint density at radius 1 is 1.35 bits per heavy atom. The highest BCUT2D eigenvalue weighted by Gasteiger charge is 2.51. The zero-order valence-corrected chi connectivity index (χ0v) is 11.5. The minimum Gasteiger partial charge on any atom is -0.361 e. The van der Waals surface area contributed by atoms with Crippen molar-refractivity contribution in [1.29, 1.82) is 0 Å². The molecule has 1 aromatic rings. The molecule has 0 unspecified atom stereocenters. The van der Waals surface area contributed by atoms with E-state index in [9.17, 15) is 9.59 Å². The van der Waals surface area contributed by atoms with E-state index in [4.69, 9.17) is 4.74 Å². The van der Waals surface area contributed by atoms with E-state index in [2.05, 4.69) is 5.10 Å². The molecular formula is C15H16N2O3. The lowest BCUT2D eigenvalue weighted by molar-refractivity contribution is -0.128. The fourth-order valence-corrected chi connectivity index (χ4v) is 2.36. The number of carbonyl (C=O) groups excluding carboxylic acids is 2. The molecule has 0 radical (unpaired) electrons. The Morgan fingerprint density at radius 3 is 2.55 bits per heavy atom. The molecule has 0 N–H and O–H groups in total. The SMILES string of the molecule is CC(=O)N1C[C@H](c2ccccc2)C(C(=O)[C@@]2(C)CO2)=N1. The van der Waals surface area contributed by atoms with Gasteiger partial charge < -0.3 is 4.74 Å². The van der Waals surface area contributed by atoms with E-state index < -0.39 is 5.60 Å². The summed E-state index contributed by atoms with van der Waals surface area (Å²) in [6.45, 7) is 4.05. The van der Waals surface area contributed by atoms with Crippen LogP contribution in [-0.4, -0.2) is 41.2 Å². The minimum absolute atomic E-state index is 0.116. The number of epoxide rings is 1. The van der Waals surface area contributed by atoms with Gasteiger partial charge in [0.05, 0.1) is 19.1 Å². The summed E-state index contributed by atoms with van der Waals surface area (Å²) in [5, 5.41) is 5.58. The second-order valence-corrected chi connectivity index (χ2v) is 5.40. The van der Waals surface area contributed by atoms with Gasteiger partial charge in [-0.2, -0.15) is 5.10 Å². The summed E-state index contributed by atoms with van der Waals surface area (Å²) < 4.78 is 5.22.